The number of halogens is 1. The van der Waals surface area contributed by atoms with Gasteiger partial charge in [0.1, 0.15) is 0 Å². The van der Waals surface area contributed by atoms with E-state index in [0.29, 0.717) is 10.7 Å². The molecular weight excluding hydrogens is 282 g/mol. The minimum atomic E-state index is -1.01. The molecule has 0 saturated heterocycles. The molecule has 2 rings (SSSR count). The van der Waals surface area contributed by atoms with Crippen LogP contribution in [0.1, 0.15) is 10.4 Å². The van der Waals surface area contributed by atoms with Crippen LogP contribution < -0.4 is 5.32 Å². The molecule has 0 fully saturated rings. The zero-order valence-corrected chi connectivity index (χ0v) is 11.8. The van der Waals surface area contributed by atoms with Gasteiger partial charge in [-0.05, 0) is 48.7 Å². The van der Waals surface area contributed by atoms with E-state index in [9.17, 15) is 4.79 Å². The number of carboxylic acids is 1. The molecule has 3 nitrogen and oxygen atoms in total. The average Bonchev–Trinajstić information content (AvgIpc) is 2.41. The summed E-state index contributed by atoms with van der Waals surface area (Å²) in [6.07, 6.45) is 2.00. The van der Waals surface area contributed by atoms with Crippen LogP contribution >= 0.6 is 23.4 Å². The van der Waals surface area contributed by atoms with Crippen LogP contribution in [0.2, 0.25) is 5.02 Å². The predicted molar refractivity (Wildman–Crippen MR) is 79.9 cm³/mol. The van der Waals surface area contributed by atoms with Crippen molar-refractivity contribution in [3.63, 3.8) is 0 Å². The van der Waals surface area contributed by atoms with Crippen LogP contribution in [-0.2, 0) is 0 Å². The number of rotatable bonds is 4. The summed E-state index contributed by atoms with van der Waals surface area (Å²) in [5.74, 6) is -1.01. The molecule has 0 radical (unpaired) electrons. The maximum atomic E-state index is 11.2. The highest BCUT2D eigenvalue weighted by atomic mass is 35.5. The average molecular weight is 294 g/mol. The molecule has 2 N–H and O–H groups in total. The van der Waals surface area contributed by atoms with Crippen molar-refractivity contribution in [3.8, 4) is 0 Å². The second-order valence-corrected chi connectivity index (χ2v) is 5.16. The van der Waals surface area contributed by atoms with Crippen molar-refractivity contribution in [1.82, 2.24) is 0 Å². The van der Waals surface area contributed by atoms with E-state index in [0.717, 1.165) is 10.6 Å². The van der Waals surface area contributed by atoms with Gasteiger partial charge in [-0.3, -0.25) is 0 Å². The first-order chi connectivity index (χ1) is 9.10. The largest absolute Gasteiger partial charge is 0.478 e. The Morgan fingerprint density at radius 2 is 1.89 bits per heavy atom. The van der Waals surface area contributed by atoms with Crippen LogP contribution in [0.25, 0.3) is 0 Å². The fraction of sp³-hybridized carbons (Fsp3) is 0.0714. The van der Waals surface area contributed by atoms with Crippen LogP contribution in [0.15, 0.2) is 47.4 Å². The summed E-state index contributed by atoms with van der Waals surface area (Å²) in [4.78, 5) is 12.3. The zero-order chi connectivity index (χ0) is 13.8. The number of anilines is 2. The van der Waals surface area contributed by atoms with E-state index in [1.54, 1.807) is 23.9 Å². The van der Waals surface area contributed by atoms with Crippen molar-refractivity contribution in [3.05, 3.63) is 53.1 Å². The molecule has 0 aliphatic heterocycles. The lowest BCUT2D eigenvalue weighted by Crippen LogP contribution is -2.02. The third-order valence-electron chi connectivity index (χ3n) is 2.58. The van der Waals surface area contributed by atoms with E-state index in [1.807, 2.05) is 30.5 Å². The lowest BCUT2D eigenvalue weighted by molar-refractivity contribution is 0.0698. The minimum Gasteiger partial charge on any atom is -0.478 e. The number of hydrogen-bond donors (Lipinski definition) is 2. The normalized spacial score (nSPS) is 10.2. The summed E-state index contributed by atoms with van der Waals surface area (Å²) in [7, 11) is 0. The summed E-state index contributed by atoms with van der Waals surface area (Å²) in [5, 5.41) is 12.6. The van der Waals surface area contributed by atoms with Gasteiger partial charge < -0.3 is 10.4 Å². The molecule has 0 heterocycles. The van der Waals surface area contributed by atoms with Crippen molar-refractivity contribution in [2.24, 2.45) is 0 Å². The summed E-state index contributed by atoms with van der Waals surface area (Å²) >= 11 is 7.46. The number of benzene rings is 2. The molecule has 0 aliphatic carbocycles. The molecule has 2 aromatic carbocycles. The van der Waals surface area contributed by atoms with E-state index >= 15 is 0 Å². The summed E-state index contributed by atoms with van der Waals surface area (Å²) in [5.41, 5.74) is 1.51. The topological polar surface area (TPSA) is 49.3 Å². The van der Waals surface area contributed by atoms with Crippen LogP contribution in [0.3, 0.4) is 0 Å². The highest BCUT2D eigenvalue weighted by molar-refractivity contribution is 7.98. The van der Waals surface area contributed by atoms with Gasteiger partial charge >= 0.3 is 5.97 Å². The van der Waals surface area contributed by atoms with Crippen molar-refractivity contribution in [1.29, 1.82) is 0 Å². The van der Waals surface area contributed by atoms with Gasteiger partial charge in [-0.15, -0.1) is 11.8 Å². The molecule has 2 aromatic rings. The van der Waals surface area contributed by atoms with E-state index < -0.39 is 5.97 Å². The third kappa shape index (κ3) is 3.43. The summed E-state index contributed by atoms with van der Waals surface area (Å²) in [6.45, 7) is 0. The zero-order valence-electron chi connectivity index (χ0n) is 10.2. The SMILES string of the molecule is CSc1ccc(Nc2ccc(Cl)cc2C(=O)O)cc1. The Bertz CT molecular complexity index is 599. The first-order valence-corrected chi connectivity index (χ1v) is 7.14. The van der Waals surface area contributed by atoms with E-state index in [-0.39, 0.29) is 5.56 Å². The molecule has 0 aromatic heterocycles. The van der Waals surface area contributed by atoms with E-state index in [2.05, 4.69) is 5.32 Å². The van der Waals surface area contributed by atoms with Crippen LogP contribution in [-0.4, -0.2) is 17.3 Å². The molecule has 98 valence electrons. The lowest BCUT2D eigenvalue weighted by Gasteiger charge is -2.10. The van der Waals surface area contributed by atoms with Gasteiger partial charge in [-0.2, -0.15) is 0 Å². The Labute approximate surface area is 120 Å². The molecule has 0 atom stereocenters. The van der Waals surface area contributed by atoms with Crippen LogP contribution in [0.5, 0.6) is 0 Å². The molecule has 0 amide bonds. The van der Waals surface area contributed by atoms with Crippen molar-refractivity contribution < 1.29 is 9.90 Å². The second-order valence-electron chi connectivity index (χ2n) is 3.85. The van der Waals surface area contributed by atoms with Crippen LogP contribution in [0, 0.1) is 0 Å². The highest BCUT2D eigenvalue weighted by Crippen LogP contribution is 2.25. The van der Waals surface area contributed by atoms with Gasteiger partial charge in [0.15, 0.2) is 0 Å². The molecule has 0 spiro atoms. The Kier molecular flexibility index (Phi) is 4.35. The second kappa shape index (κ2) is 5.99. The molecule has 19 heavy (non-hydrogen) atoms. The maximum absolute atomic E-state index is 11.2. The van der Waals surface area contributed by atoms with Gasteiger partial charge in [-0.1, -0.05) is 11.6 Å². The number of carbonyl (C=O) groups is 1. The third-order valence-corrected chi connectivity index (χ3v) is 3.56. The fourth-order valence-corrected chi connectivity index (χ4v) is 2.21. The molecule has 5 heteroatoms. The monoisotopic (exact) mass is 293 g/mol. The quantitative estimate of drug-likeness (QED) is 0.815. The molecule has 0 unspecified atom stereocenters. The standard InChI is InChI=1S/C14H12ClNO2S/c1-19-11-5-3-10(4-6-11)16-13-7-2-9(15)8-12(13)14(17)18/h2-8,16H,1H3,(H,17,18). The first kappa shape index (κ1) is 13.8. The number of nitrogens with one attached hydrogen (secondary N) is 1. The van der Waals surface area contributed by atoms with Crippen molar-refractivity contribution >= 4 is 40.7 Å². The van der Waals surface area contributed by atoms with Crippen LogP contribution in [0.4, 0.5) is 11.4 Å². The number of aromatic carboxylic acids is 1. The molecule has 0 aliphatic rings. The van der Waals surface area contributed by atoms with Gasteiger partial charge in [-0.25, -0.2) is 4.79 Å². The van der Waals surface area contributed by atoms with Gasteiger partial charge in [0.2, 0.25) is 0 Å². The lowest BCUT2D eigenvalue weighted by atomic mass is 10.1. The van der Waals surface area contributed by atoms with Gasteiger partial charge in [0, 0.05) is 15.6 Å². The van der Waals surface area contributed by atoms with Crippen molar-refractivity contribution in [2.75, 3.05) is 11.6 Å². The van der Waals surface area contributed by atoms with E-state index in [4.69, 9.17) is 16.7 Å². The van der Waals surface area contributed by atoms with Gasteiger partial charge in [0.05, 0.1) is 11.3 Å². The summed E-state index contributed by atoms with van der Waals surface area (Å²) < 4.78 is 0. The molecular formula is C14H12ClNO2S. The first-order valence-electron chi connectivity index (χ1n) is 5.54. The van der Waals surface area contributed by atoms with Gasteiger partial charge in [0.25, 0.3) is 0 Å². The number of hydrogen-bond acceptors (Lipinski definition) is 3. The summed E-state index contributed by atoms with van der Waals surface area (Å²) in [6, 6.07) is 12.5. The Morgan fingerprint density at radius 1 is 1.21 bits per heavy atom. The Balaban J connectivity index is 2.29. The molecule has 0 saturated carbocycles. The van der Waals surface area contributed by atoms with E-state index in [1.165, 1.54) is 6.07 Å². The maximum Gasteiger partial charge on any atom is 0.337 e. The molecule has 0 bridgehead atoms. The Morgan fingerprint density at radius 3 is 2.47 bits per heavy atom. The number of thioether (sulfide) groups is 1. The Hall–Kier alpha value is -1.65. The fourth-order valence-electron chi connectivity index (χ4n) is 1.63. The number of carboxylic acid groups (broad SMARTS) is 1. The minimum absolute atomic E-state index is 0.154. The van der Waals surface area contributed by atoms with Crippen molar-refractivity contribution in [2.45, 2.75) is 4.90 Å². The highest BCUT2D eigenvalue weighted by Gasteiger charge is 2.10. The smallest absolute Gasteiger partial charge is 0.337 e. The predicted octanol–water partition coefficient (Wildman–Crippen LogP) is 4.50.